The summed E-state index contributed by atoms with van der Waals surface area (Å²) in [6.45, 7) is 4.85. The number of benzene rings is 1. The third-order valence-electron chi connectivity index (χ3n) is 5.06. The highest BCUT2D eigenvalue weighted by Crippen LogP contribution is 2.40. The Hall–Kier alpha value is -2.02. The largest absolute Gasteiger partial charge is 0.383 e. The SMILES string of the molecule is NNc1c(NCC2CC2)ccc(-c2ccnc(N3CCNCC3)c2)c1Cl. The number of rotatable bonds is 6. The average Bonchev–Trinajstić information content (AvgIpc) is 3.52. The van der Waals surface area contributed by atoms with Gasteiger partial charge in [-0.15, -0.1) is 0 Å². The Labute approximate surface area is 159 Å². The lowest BCUT2D eigenvalue weighted by Crippen LogP contribution is -2.43. The molecule has 2 aromatic rings. The number of nitrogens with zero attached hydrogens (tertiary/aromatic N) is 2. The third kappa shape index (κ3) is 3.72. The van der Waals surface area contributed by atoms with Crippen molar-refractivity contribution in [3.05, 3.63) is 35.5 Å². The lowest BCUT2D eigenvalue weighted by atomic mass is 10.0. The van der Waals surface area contributed by atoms with E-state index in [4.69, 9.17) is 17.4 Å². The monoisotopic (exact) mass is 372 g/mol. The van der Waals surface area contributed by atoms with Gasteiger partial charge in [-0.25, -0.2) is 4.98 Å². The third-order valence-corrected chi connectivity index (χ3v) is 5.45. The van der Waals surface area contributed by atoms with Crippen LogP contribution in [0.15, 0.2) is 30.5 Å². The van der Waals surface area contributed by atoms with Crippen LogP contribution < -0.4 is 26.8 Å². The molecule has 26 heavy (non-hydrogen) atoms. The summed E-state index contributed by atoms with van der Waals surface area (Å²) in [5.74, 6) is 7.53. The van der Waals surface area contributed by atoms with Crippen LogP contribution in [0.3, 0.4) is 0 Å². The van der Waals surface area contributed by atoms with E-state index < -0.39 is 0 Å². The first-order valence-corrected chi connectivity index (χ1v) is 9.59. The van der Waals surface area contributed by atoms with Crippen LogP contribution in [0.4, 0.5) is 17.2 Å². The van der Waals surface area contributed by atoms with Gasteiger partial charge in [-0.3, -0.25) is 5.84 Å². The van der Waals surface area contributed by atoms with Crippen molar-refractivity contribution in [3.8, 4) is 11.1 Å². The van der Waals surface area contributed by atoms with Gasteiger partial charge in [0, 0.05) is 44.5 Å². The minimum Gasteiger partial charge on any atom is -0.383 e. The van der Waals surface area contributed by atoms with Crippen molar-refractivity contribution in [2.24, 2.45) is 11.8 Å². The molecule has 2 fully saturated rings. The van der Waals surface area contributed by atoms with E-state index in [0.717, 1.165) is 67.0 Å². The zero-order valence-corrected chi connectivity index (χ0v) is 15.5. The fourth-order valence-corrected chi connectivity index (χ4v) is 3.64. The van der Waals surface area contributed by atoms with Crippen LogP contribution >= 0.6 is 11.6 Å². The minimum atomic E-state index is 0.630. The Balaban J connectivity index is 1.62. The molecule has 0 radical (unpaired) electrons. The number of aromatic nitrogens is 1. The summed E-state index contributed by atoms with van der Waals surface area (Å²) in [6.07, 6.45) is 4.45. The number of piperazine rings is 1. The van der Waals surface area contributed by atoms with E-state index in [9.17, 15) is 0 Å². The van der Waals surface area contributed by atoms with E-state index >= 15 is 0 Å². The van der Waals surface area contributed by atoms with E-state index in [2.05, 4.69) is 38.1 Å². The van der Waals surface area contributed by atoms with Gasteiger partial charge in [-0.2, -0.15) is 0 Å². The van der Waals surface area contributed by atoms with Crippen LogP contribution in [-0.4, -0.2) is 37.7 Å². The fraction of sp³-hybridized carbons (Fsp3) is 0.421. The highest BCUT2D eigenvalue weighted by molar-refractivity contribution is 6.36. The first-order chi connectivity index (χ1) is 12.8. The van der Waals surface area contributed by atoms with E-state index in [1.165, 1.54) is 12.8 Å². The zero-order valence-electron chi connectivity index (χ0n) is 14.8. The maximum absolute atomic E-state index is 6.69. The molecule has 0 unspecified atom stereocenters. The fourth-order valence-electron chi connectivity index (χ4n) is 3.32. The summed E-state index contributed by atoms with van der Waals surface area (Å²) < 4.78 is 0. The summed E-state index contributed by atoms with van der Waals surface area (Å²) in [5, 5.41) is 7.45. The first kappa shape index (κ1) is 17.4. The summed E-state index contributed by atoms with van der Waals surface area (Å²) in [7, 11) is 0. The quantitative estimate of drug-likeness (QED) is 0.461. The second-order valence-corrected chi connectivity index (χ2v) is 7.34. The number of pyridine rings is 1. The molecular weight excluding hydrogens is 348 g/mol. The Morgan fingerprint density at radius 2 is 2.04 bits per heavy atom. The van der Waals surface area contributed by atoms with Gasteiger partial charge in [0.15, 0.2) is 0 Å². The number of nitrogen functional groups attached to an aromatic ring is 1. The number of hydrogen-bond donors (Lipinski definition) is 4. The number of hydrazine groups is 1. The smallest absolute Gasteiger partial charge is 0.129 e. The first-order valence-electron chi connectivity index (χ1n) is 9.21. The van der Waals surface area contributed by atoms with Gasteiger partial charge in [-0.05, 0) is 42.5 Å². The van der Waals surface area contributed by atoms with Crippen molar-refractivity contribution in [1.82, 2.24) is 10.3 Å². The average molecular weight is 373 g/mol. The molecule has 0 spiro atoms. The van der Waals surface area contributed by atoms with Crippen LogP contribution in [0, 0.1) is 5.92 Å². The second kappa shape index (κ2) is 7.70. The molecular formula is C19H25ClN6. The molecule has 0 amide bonds. The molecule has 1 saturated heterocycles. The van der Waals surface area contributed by atoms with Gasteiger partial charge < -0.3 is 21.0 Å². The highest BCUT2D eigenvalue weighted by Gasteiger charge is 2.22. The Bertz CT molecular complexity index is 771. The maximum Gasteiger partial charge on any atom is 0.129 e. The lowest BCUT2D eigenvalue weighted by Gasteiger charge is -2.28. The second-order valence-electron chi connectivity index (χ2n) is 6.96. The Morgan fingerprint density at radius 1 is 1.23 bits per heavy atom. The molecule has 0 atom stereocenters. The van der Waals surface area contributed by atoms with Gasteiger partial charge in [0.25, 0.3) is 0 Å². The van der Waals surface area contributed by atoms with Crippen molar-refractivity contribution >= 4 is 28.8 Å². The van der Waals surface area contributed by atoms with Gasteiger partial charge in [0.05, 0.1) is 16.4 Å². The molecule has 1 aliphatic carbocycles. The number of anilines is 3. The molecule has 4 rings (SSSR count). The normalized spacial score (nSPS) is 17.2. The number of halogens is 1. The Morgan fingerprint density at radius 3 is 2.77 bits per heavy atom. The molecule has 1 aromatic carbocycles. The molecule has 7 heteroatoms. The topological polar surface area (TPSA) is 78.2 Å². The Kier molecular flexibility index (Phi) is 5.15. The number of hydrogen-bond acceptors (Lipinski definition) is 6. The molecule has 1 aliphatic heterocycles. The van der Waals surface area contributed by atoms with Crippen LogP contribution in [0.25, 0.3) is 11.1 Å². The lowest BCUT2D eigenvalue weighted by molar-refractivity contribution is 0.585. The molecule has 2 aliphatic rings. The minimum absolute atomic E-state index is 0.630. The van der Waals surface area contributed by atoms with Crippen molar-refractivity contribution in [3.63, 3.8) is 0 Å². The highest BCUT2D eigenvalue weighted by atomic mass is 35.5. The molecule has 138 valence electrons. The molecule has 2 heterocycles. The maximum atomic E-state index is 6.69. The van der Waals surface area contributed by atoms with Gasteiger partial charge in [-0.1, -0.05) is 17.7 Å². The van der Waals surface area contributed by atoms with E-state index in [1.54, 1.807) is 0 Å². The van der Waals surface area contributed by atoms with Crippen molar-refractivity contribution < 1.29 is 0 Å². The number of nitrogens with one attached hydrogen (secondary N) is 3. The predicted octanol–water partition coefficient (Wildman–Crippen LogP) is 2.92. The van der Waals surface area contributed by atoms with E-state index in [-0.39, 0.29) is 0 Å². The van der Waals surface area contributed by atoms with Crippen molar-refractivity contribution in [2.75, 3.05) is 48.4 Å². The summed E-state index contributed by atoms with van der Waals surface area (Å²) in [5.41, 5.74) is 6.46. The summed E-state index contributed by atoms with van der Waals surface area (Å²) in [4.78, 5) is 6.83. The van der Waals surface area contributed by atoms with Crippen LogP contribution in [0.5, 0.6) is 0 Å². The van der Waals surface area contributed by atoms with Crippen molar-refractivity contribution in [1.29, 1.82) is 0 Å². The predicted molar refractivity (Wildman–Crippen MR) is 109 cm³/mol. The van der Waals surface area contributed by atoms with E-state index in [1.807, 2.05) is 18.3 Å². The van der Waals surface area contributed by atoms with Crippen LogP contribution in [0.1, 0.15) is 12.8 Å². The molecule has 6 nitrogen and oxygen atoms in total. The van der Waals surface area contributed by atoms with Gasteiger partial charge in [0.2, 0.25) is 0 Å². The van der Waals surface area contributed by atoms with Crippen LogP contribution in [-0.2, 0) is 0 Å². The molecule has 0 bridgehead atoms. The zero-order chi connectivity index (χ0) is 17.9. The summed E-state index contributed by atoms with van der Waals surface area (Å²) >= 11 is 6.69. The number of nitrogens with two attached hydrogens (primary N) is 1. The van der Waals surface area contributed by atoms with E-state index in [0.29, 0.717) is 5.02 Å². The van der Waals surface area contributed by atoms with Gasteiger partial charge in [0.1, 0.15) is 5.82 Å². The van der Waals surface area contributed by atoms with Gasteiger partial charge >= 0.3 is 0 Å². The van der Waals surface area contributed by atoms with Crippen molar-refractivity contribution in [2.45, 2.75) is 12.8 Å². The van der Waals surface area contributed by atoms with Crippen LogP contribution in [0.2, 0.25) is 5.02 Å². The molecule has 5 N–H and O–H groups in total. The summed E-state index contributed by atoms with van der Waals surface area (Å²) in [6, 6.07) is 8.19. The molecule has 1 saturated carbocycles. The molecule has 1 aromatic heterocycles. The standard InChI is InChI=1S/C19H25ClN6/c20-18-15(3-4-16(19(18)25-21)24-12-13-1-2-13)14-5-6-23-17(11-14)26-9-7-22-8-10-26/h3-6,11,13,22,24-25H,1-2,7-10,12,21H2.